The van der Waals surface area contributed by atoms with Crippen molar-refractivity contribution in [1.29, 1.82) is 0 Å². The monoisotopic (exact) mass is 388 g/mol. The van der Waals surface area contributed by atoms with Gasteiger partial charge < -0.3 is 4.74 Å². The second-order valence-electron chi connectivity index (χ2n) is 5.33. The lowest BCUT2D eigenvalue weighted by atomic mass is 9.84. The molecule has 19 heavy (non-hydrogen) atoms. The topological polar surface area (TPSA) is 9.23 Å². The van der Waals surface area contributed by atoms with E-state index in [2.05, 4.69) is 63.0 Å². The predicted molar refractivity (Wildman–Crippen MR) is 87.8 cm³/mol. The van der Waals surface area contributed by atoms with Gasteiger partial charge in [0.2, 0.25) is 0 Å². The van der Waals surface area contributed by atoms with Crippen LogP contribution in [0.3, 0.4) is 0 Å². The Hall–Kier alpha value is 0.140. The van der Waals surface area contributed by atoms with Crippen LogP contribution in [-0.2, 0) is 4.74 Å². The molecular formula is C16H22Br2O. The van der Waals surface area contributed by atoms with Crippen LogP contribution in [0.2, 0.25) is 0 Å². The molecule has 2 rings (SSSR count). The molecule has 0 radical (unpaired) electrons. The molecular weight excluding hydrogens is 368 g/mol. The summed E-state index contributed by atoms with van der Waals surface area (Å²) in [6.07, 6.45) is 7.06. The summed E-state index contributed by atoms with van der Waals surface area (Å²) in [4.78, 5) is 0. The molecule has 1 saturated carbocycles. The fourth-order valence-electron chi connectivity index (χ4n) is 2.94. The molecule has 106 valence electrons. The molecule has 3 unspecified atom stereocenters. The Morgan fingerprint density at radius 1 is 1.32 bits per heavy atom. The van der Waals surface area contributed by atoms with Crippen LogP contribution in [0.25, 0.3) is 0 Å². The first-order valence-corrected chi connectivity index (χ1v) is 9.13. The highest BCUT2D eigenvalue weighted by Gasteiger charge is 2.27. The van der Waals surface area contributed by atoms with Gasteiger partial charge in [0.25, 0.3) is 0 Å². The van der Waals surface area contributed by atoms with Crippen LogP contribution in [0.15, 0.2) is 28.7 Å². The second-order valence-corrected chi connectivity index (χ2v) is 6.89. The van der Waals surface area contributed by atoms with Gasteiger partial charge in [-0.3, -0.25) is 0 Å². The van der Waals surface area contributed by atoms with Crippen molar-refractivity contribution < 1.29 is 4.74 Å². The van der Waals surface area contributed by atoms with Gasteiger partial charge in [0, 0.05) is 9.80 Å². The van der Waals surface area contributed by atoms with Gasteiger partial charge in [0.15, 0.2) is 0 Å². The summed E-state index contributed by atoms with van der Waals surface area (Å²) in [6.45, 7) is 2.29. The van der Waals surface area contributed by atoms with E-state index in [1.165, 1.54) is 37.7 Å². The Balaban J connectivity index is 2.05. The summed E-state index contributed by atoms with van der Waals surface area (Å²) in [7, 11) is 0. The van der Waals surface area contributed by atoms with E-state index in [9.17, 15) is 0 Å². The van der Waals surface area contributed by atoms with Crippen molar-refractivity contribution in [1.82, 2.24) is 0 Å². The van der Waals surface area contributed by atoms with E-state index in [-0.39, 0.29) is 6.10 Å². The predicted octanol–water partition coefficient (Wildman–Crippen LogP) is 5.87. The number of hydrogen-bond acceptors (Lipinski definition) is 1. The van der Waals surface area contributed by atoms with Crippen LogP contribution in [0.5, 0.6) is 0 Å². The Bertz CT molecular complexity index is 394. The highest BCUT2D eigenvalue weighted by atomic mass is 79.9. The van der Waals surface area contributed by atoms with Gasteiger partial charge in [-0.1, -0.05) is 70.2 Å². The largest absolute Gasteiger partial charge is 0.369 e. The molecule has 1 aromatic rings. The third-order valence-corrected chi connectivity index (χ3v) is 5.14. The molecule has 0 bridgehead atoms. The van der Waals surface area contributed by atoms with Crippen molar-refractivity contribution in [2.75, 3.05) is 5.33 Å². The number of hydrogen-bond donors (Lipinski definition) is 0. The van der Waals surface area contributed by atoms with Gasteiger partial charge in [-0.05, 0) is 36.5 Å². The SMILES string of the molecule is CCC1CCCCC1OC(CBr)c1cccc(Br)c1. The molecule has 0 aliphatic heterocycles. The Kier molecular flexibility index (Phi) is 6.37. The molecule has 0 amide bonds. The summed E-state index contributed by atoms with van der Waals surface area (Å²) in [5.41, 5.74) is 1.26. The fourth-order valence-corrected chi connectivity index (χ4v) is 3.89. The molecule has 3 atom stereocenters. The third kappa shape index (κ3) is 4.30. The first-order chi connectivity index (χ1) is 9.24. The smallest absolute Gasteiger partial charge is 0.0925 e. The lowest BCUT2D eigenvalue weighted by Gasteiger charge is -2.33. The van der Waals surface area contributed by atoms with Gasteiger partial charge >= 0.3 is 0 Å². The van der Waals surface area contributed by atoms with Crippen molar-refractivity contribution in [2.24, 2.45) is 5.92 Å². The minimum atomic E-state index is 0.162. The summed E-state index contributed by atoms with van der Waals surface area (Å²) < 4.78 is 7.54. The normalized spacial score (nSPS) is 25.2. The van der Waals surface area contributed by atoms with Gasteiger partial charge in [-0.15, -0.1) is 0 Å². The van der Waals surface area contributed by atoms with Crippen molar-refractivity contribution in [3.63, 3.8) is 0 Å². The zero-order valence-corrected chi connectivity index (χ0v) is 14.6. The first-order valence-electron chi connectivity index (χ1n) is 7.21. The average Bonchev–Trinajstić information content (AvgIpc) is 2.45. The standard InChI is InChI=1S/C16H22Br2O/c1-2-12-6-3-4-9-15(12)19-16(11-17)13-7-5-8-14(18)10-13/h5,7-8,10,12,15-16H,2-4,6,9,11H2,1H3. The van der Waals surface area contributed by atoms with Crippen LogP contribution in [0.4, 0.5) is 0 Å². The lowest BCUT2D eigenvalue weighted by Crippen LogP contribution is -2.29. The highest BCUT2D eigenvalue weighted by Crippen LogP contribution is 2.34. The van der Waals surface area contributed by atoms with Crippen molar-refractivity contribution in [3.05, 3.63) is 34.3 Å². The number of halogens is 2. The maximum Gasteiger partial charge on any atom is 0.0925 e. The number of benzene rings is 1. The molecule has 1 nitrogen and oxygen atoms in total. The van der Waals surface area contributed by atoms with Gasteiger partial charge in [-0.2, -0.15) is 0 Å². The molecule has 0 N–H and O–H groups in total. The molecule has 1 aromatic carbocycles. The van der Waals surface area contributed by atoms with Gasteiger partial charge in [0.05, 0.1) is 12.2 Å². The number of alkyl halides is 1. The lowest BCUT2D eigenvalue weighted by molar-refractivity contribution is -0.0524. The minimum Gasteiger partial charge on any atom is -0.369 e. The summed E-state index contributed by atoms with van der Waals surface area (Å²) in [5, 5.41) is 0.858. The van der Waals surface area contributed by atoms with Crippen molar-refractivity contribution in [2.45, 2.75) is 51.2 Å². The zero-order valence-electron chi connectivity index (χ0n) is 11.4. The molecule has 0 saturated heterocycles. The van der Waals surface area contributed by atoms with E-state index in [1.807, 2.05) is 0 Å². The van der Waals surface area contributed by atoms with Crippen LogP contribution in [0, 0.1) is 5.92 Å². The molecule has 1 aliphatic rings. The maximum absolute atomic E-state index is 6.42. The van der Waals surface area contributed by atoms with Crippen molar-refractivity contribution in [3.8, 4) is 0 Å². The van der Waals surface area contributed by atoms with Crippen molar-refractivity contribution >= 4 is 31.9 Å². The van der Waals surface area contributed by atoms with Crippen LogP contribution < -0.4 is 0 Å². The van der Waals surface area contributed by atoms with E-state index in [1.54, 1.807) is 0 Å². The summed E-state index contributed by atoms with van der Waals surface area (Å²) in [5.74, 6) is 0.738. The van der Waals surface area contributed by atoms with Crippen LogP contribution in [-0.4, -0.2) is 11.4 Å². The van der Waals surface area contributed by atoms with Crippen LogP contribution >= 0.6 is 31.9 Å². The molecule has 0 aromatic heterocycles. The molecule has 0 heterocycles. The Morgan fingerprint density at radius 3 is 2.79 bits per heavy atom. The quantitative estimate of drug-likeness (QED) is 0.572. The molecule has 1 aliphatic carbocycles. The second kappa shape index (κ2) is 7.80. The highest BCUT2D eigenvalue weighted by molar-refractivity contribution is 9.10. The molecule has 1 fully saturated rings. The van der Waals surface area contributed by atoms with Crippen LogP contribution in [0.1, 0.15) is 50.7 Å². The van der Waals surface area contributed by atoms with E-state index in [0.29, 0.717) is 6.10 Å². The fraction of sp³-hybridized carbons (Fsp3) is 0.625. The van der Waals surface area contributed by atoms with Gasteiger partial charge in [-0.25, -0.2) is 0 Å². The average molecular weight is 390 g/mol. The number of rotatable bonds is 5. The van der Waals surface area contributed by atoms with E-state index < -0.39 is 0 Å². The summed E-state index contributed by atoms with van der Waals surface area (Å²) in [6, 6.07) is 8.46. The van der Waals surface area contributed by atoms with E-state index in [4.69, 9.17) is 4.74 Å². The molecule has 0 spiro atoms. The number of ether oxygens (including phenoxy) is 1. The summed E-state index contributed by atoms with van der Waals surface area (Å²) >= 11 is 7.15. The van der Waals surface area contributed by atoms with E-state index >= 15 is 0 Å². The van der Waals surface area contributed by atoms with Gasteiger partial charge in [0.1, 0.15) is 0 Å². The Labute approximate surface area is 133 Å². The van der Waals surface area contributed by atoms with E-state index in [0.717, 1.165) is 15.7 Å². The Morgan fingerprint density at radius 2 is 2.11 bits per heavy atom. The molecule has 3 heteroatoms. The maximum atomic E-state index is 6.42. The zero-order chi connectivity index (χ0) is 13.7. The minimum absolute atomic E-state index is 0.162. The first kappa shape index (κ1) is 15.5. The third-order valence-electron chi connectivity index (χ3n) is 4.06.